The van der Waals surface area contributed by atoms with E-state index in [1.807, 2.05) is 0 Å². The molecule has 0 aromatic carbocycles. The molecule has 1 saturated heterocycles. The first-order valence-electron chi connectivity index (χ1n) is 4.14. The Morgan fingerprint density at radius 3 is 2.86 bits per heavy atom. The van der Waals surface area contributed by atoms with E-state index in [0.717, 1.165) is 0 Å². The fourth-order valence-corrected chi connectivity index (χ4v) is 1.05. The van der Waals surface area contributed by atoms with Crippen LogP contribution in [0.3, 0.4) is 0 Å². The number of carbonyl (C=O) groups excluding carboxylic acids is 2. The highest BCUT2D eigenvalue weighted by Crippen LogP contribution is 2.09. The summed E-state index contributed by atoms with van der Waals surface area (Å²) in [5.41, 5.74) is 0.0995. The van der Waals surface area contributed by atoms with Crippen molar-refractivity contribution in [2.75, 3.05) is 13.1 Å². The summed E-state index contributed by atoms with van der Waals surface area (Å²) in [4.78, 5) is 23.7. The van der Waals surface area contributed by atoms with Gasteiger partial charge in [-0.25, -0.2) is 4.79 Å². The van der Waals surface area contributed by atoms with Crippen LogP contribution >= 0.6 is 0 Å². The van der Waals surface area contributed by atoms with Crippen LogP contribution in [-0.4, -0.2) is 30.0 Å². The third kappa shape index (κ3) is 2.12. The van der Waals surface area contributed by atoms with Gasteiger partial charge in [-0.3, -0.25) is 9.69 Å². The highest BCUT2D eigenvalue weighted by atomic mass is 16.6. The molecule has 5 nitrogen and oxygen atoms in total. The van der Waals surface area contributed by atoms with E-state index in [1.165, 1.54) is 4.90 Å². The Kier molecular flexibility index (Phi) is 2.91. The molecule has 0 atom stereocenters. The lowest BCUT2D eigenvalue weighted by Crippen LogP contribution is -2.47. The van der Waals surface area contributed by atoms with Crippen LogP contribution in [-0.2, 0) is 9.53 Å². The average molecular weight is 196 g/mol. The molecule has 0 unspecified atom stereocenters. The molecule has 76 valence electrons. The second-order valence-electron chi connectivity index (χ2n) is 2.92. The van der Waals surface area contributed by atoms with Crippen molar-refractivity contribution in [1.82, 2.24) is 10.2 Å². The van der Waals surface area contributed by atoms with E-state index < -0.39 is 6.09 Å². The maximum absolute atomic E-state index is 11.4. The highest BCUT2D eigenvalue weighted by Gasteiger charge is 2.26. The fourth-order valence-electron chi connectivity index (χ4n) is 1.05. The Morgan fingerprint density at radius 2 is 2.29 bits per heavy atom. The van der Waals surface area contributed by atoms with Gasteiger partial charge in [-0.05, 0) is 6.92 Å². The molecule has 1 rings (SSSR count). The molecule has 1 heterocycles. The molecule has 14 heavy (non-hydrogen) atoms. The molecule has 0 aliphatic carbocycles. The first-order chi connectivity index (χ1) is 6.52. The summed E-state index contributed by atoms with van der Waals surface area (Å²) in [5, 5.41) is 2.56. The molecule has 0 aromatic heterocycles. The number of nitrogens with one attached hydrogen (secondary N) is 1. The van der Waals surface area contributed by atoms with Gasteiger partial charge in [0.25, 0.3) is 5.91 Å². The van der Waals surface area contributed by atoms with E-state index in [0.29, 0.717) is 13.1 Å². The lowest BCUT2D eigenvalue weighted by Gasteiger charge is -2.27. The summed E-state index contributed by atoms with van der Waals surface area (Å²) in [7, 11) is 0. The number of amides is 2. The van der Waals surface area contributed by atoms with Crippen LogP contribution in [0.1, 0.15) is 6.92 Å². The largest absolute Gasteiger partial charge is 0.419 e. The summed E-state index contributed by atoms with van der Waals surface area (Å²) in [5.74, 6) is -0.0660. The van der Waals surface area contributed by atoms with E-state index >= 15 is 0 Å². The van der Waals surface area contributed by atoms with Crippen LogP contribution in [0.5, 0.6) is 0 Å². The van der Waals surface area contributed by atoms with Crippen molar-refractivity contribution < 1.29 is 14.3 Å². The Balaban J connectivity index is 2.67. The molecular formula is C9H12N2O3. The maximum Gasteiger partial charge on any atom is 0.419 e. The summed E-state index contributed by atoms with van der Waals surface area (Å²) in [6.45, 7) is 9.26. The first kappa shape index (κ1) is 10.3. The van der Waals surface area contributed by atoms with Gasteiger partial charge in [0.15, 0.2) is 0 Å². The van der Waals surface area contributed by atoms with Gasteiger partial charge in [-0.1, -0.05) is 13.2 Å². The van der Waals surface area contributed by atoms with Crippen molar-refractivity contribution in [3.05, 3.63) is 24.6 Å². The lowest BCUT2D eigenvalue weighted by molar-refractivity contribution is -0.120. The zero-order valence-electron chi connectivity index (χ0n) is 8.00. The van der Waals surface area contributed by atoms with Gasteiger partial charge in [0.2, 0.25) is 0 Å². The average Bonchev–Trinajstić information content (AvgIpc) is 2.08. The molecule has 0 aromatic rings. The Bertz CT molecular complexity index is 309. The van der Waals surface area contributed by atoms with Crippen LogP contribution in [0.25, 0.3) is 0 Å². The van der Waals surface area contributed by atoms with Crippen LogP contribution in [0.4, 0.5) is 4.79 Å². The van der Waals surface area contributed by atoms with Gasteiger partial charge in [0, 0.05) is 13.1 Å². The van der Waals surface area contributed by atoms with Crippen molar-refractivity contribution in [3.63, 3.8) is 0 Å². The second-order valence-corrected chi connectivity index (χ2v) is 2.92. The summed E-state index contributed by atoms with van der Waals surface area (Å²) >= 11 is 0. The fraction of sp³-hybridized carbons (Fsp3) is 0.333. The molecular weight excluding hydrogens is 184 g/mol. The standard InChI is InChI=1S/C9H12N2O3/c1-6(2)14-9(13)11-5-4-10-8(12)7(11)3/h1,3-5H2,2H3,(H,10,12). The molecule has 0 bridgehead atoms. The van der Waals surface area contributed by atoms with Crippen LogP contribution in [0, 0.1) is 0 Å². The van der Waals surface area contributed by atoms with Crippen molar-refractivity contribution in [2.24, 2.45) is 0 Å². The van der Waals surface area contributed by atoms with Gasteiger partial charge < -0.3 is 10.1 Å². The third-order valence-electron chi connectivity index (χ3n) is 1.69. The predicted molar refractivity (Wildman–Crippen MR) is 50.2 cm³/mol. The molecule has 0 radical (unpaired) electrons. The third-order valence-corrected chi connectivity index (χ3v) is 1.69. The number of piperazine rings is 1. The molecule has 2 amide bonds. The monoisotopic (exact) mass is 196 g/mol. The molecule has 1 aliphatic heterocycles. The molecule has 1 N–H and O–H groups in total. The van der Waals surface area contributed by atoms with Crippen LogP contribution < -0.4 is 5.32 Å². The quantitative estimate of drug-likeness (QED) is 0.493. The summed E-state index contributed by atoms with van der Waals surface area (Å²) in [6, 6.07) is 0. The minimum absolute atomic E-state index is 0.0995. The van der Waals surface area contributed by atoms with Gasteiger partial charge >= 0.3 is 6.09 Å². The summed E-state index contributed by atoms with van der Waals surface area (Å²) < 4.78 is 4.76. The van der Waals surface area contributed by atoms with E-state index in [9.17, 15) is 9.59 Å². The number of allylic oxidation sites excluding steroid dienone is 1. The number of hydrogen-bond acceptors (Lipinski definition) is 3. The van der Waals surface area contributed by atoms with Gasteiger partial charge in [0.05, 0.1) is 5.76 Å². The number of nitrogens with zero attached hydrogens (tertiary/aromatic N) is 1. The van der Waals surface area contributed by atoms with Gasteiger partial charge in [-0.15, -0.1) is 0 Å². The second kappa shape index (κ2) is 3.95. The lowest BCUT2D eigenvalue weighted by atomic mass is 10.3. The SMILES string of the molecule is C=C(C)OC(=O)N1CCNC(=O)C1=C. The molecule has 5 heteroatoms. The highest BCUT2D eigenvalue weighted by molar-refractivity contribution is 5.96. The number of hydrogen-bond donors (Lipinski definition) is 1. The summed E-state index contributed by atoms with van der Waals surface area (Å²) in [6.07, 6.45) is -0.614. The van der Waals surface area contributed by atoms with Crippen molar-refractivity contribution in [2.45, 2.75) is 6.92 Å². The Labute approximate surface area is 82.0 Å². The Hall–Kier alpha value is -1.78. The number of rotatable bonds is 1. The van der Waals surface area contributed by atoms with Crippen LogP contribution in [0.15, 0.2) is 24.6 Å². The van der Waals surface area contributed by atoms with Crippen molar-refractivity contribution in [3.8, 4) is 0 Å². The number of carbonyl (C=O) groups is 2. The predicted octanol–water partition coefficient (Wildman–Crippen LogP) is 0.602. The van der Waals surface area contributed by atoms with Gasteiger partial charge in [-0.2, -0.15) is 0 Å². The van der Waals surface area contributed by atoms with E-state index in [-0.39, 0.29) is 17.4 Å². The number of ether oxygens (including phenoxy) is 1. The van der Waals surface area contributed by atoms with E-state index in [2.05, 4.69) is 18.5 Å². The smallest absolute Gasteiger partial charge is 0.415 e. The van der Waals surface area contributed by atoms with Crippen molar-refractivity contribution >= 4 is 12.0 Å². The molecule has 1 aliphatic rings. The maximum atomic E-state index is 11.4. The zero-order chi connectivity index (χ0) is 10.7. The molecule has 0 spiro atoms. The molecule has 1 fully saturated rings. The van der Waals surface area contributed by atoms with Crippen LogP contribution in [0.2, 0.25) is 0 Å². The Morgan fingerprint density at radius 1 is 1.64 bits per heavy atom. The normalized spacial score (nSPS) is 16.2. The minimum Gasteiger partial charge on any atom is -0.415 e. The first-order valence-corrected chi connectivity index (χ1v) is 4.14. The minimum atomic E-state index is -0.614. The zero-order valence-corrected chi connectivity index (χ0v) is 8.00. The van der Waals surface area contributed by atoms with E-state index in [1.54, 1.807) is 6.92 Å². The molecule has 0 saturated carbocycles. The van der Waals surface area contributed by atoms with E-state index in [4.69, 9.17) is 4.74 Å². The topological polar surface area (TPSA) is 58.6 Å². The van der Waals surface area contributed by atoms with Crippen molar-refractivity contribution in [1.29, 1.82) is 0 Å². The van der Waals surface area contributed by atoms with Gasteiger partial charge in [0.1, 0.15) is 5.70 Å².